The van der Waals surface area contributed by atoms with Crippen molar-refractivity contribution in [2.75, 3.05) is 27.6 Å². The minimum atomic E-state index is -0.340. The molecule has 0 amide bonds. The Labute approximate surface area is 176 Å². The first-order valence-electron chi connectivity index (χ1n) is 9.80. The van der Waals surface area contributed by atoms with Gasteiger partial charge in [0.05, 0.1) is 19.2 Å². The number of esters is 1. The standard InChI is InChI=1S/C24H27NO5/c1-5-29-24(26)17(2)13-19-14-21(28-4)23(30-16-27-3)22-20(19)11-12-25(22)15-18-9-7-6-8-10-18/h6-14H,5,15-16H2,1-4H3/b17-13+. The molecule has 0 radical (unpaired) electrons. The summed E-state index contributed by atoms with van der Waals surface area (Å²) in [6, 6.07) is 14.1. The van der Waals surface area contributed by atoms with Gasteiger partial charge in [0.15, 0.2) is 18.3 Å². The molecule has 0 bridgehead atoms. The highest BCUT2D eigenvalue weighted by Crippen LogP contribution is 2.40. The van der Waals surface area contributed by atoms with Crippen LogP contribution in [0.2, 0.25) is 0 Å². The minimum absolute atomic E-state index is 0.0962. The van der Waals surface area contributed by atoms with E-state index in [9.17, 15) is 4.79 Å². The molecule has 3 aromatic rings. The number of hydrogen-bond donors (Lipinski definition) is 0. The molecule has 0 atom stereocenters. The number of aromatic nitrogens is 1. The Morgan fingerprint density at radius 2 is 1.90 bits per heavy atom. The van der Waals surface area contributed by atoms with Crippen LogP contribution in [0.5, 0.6) is 11.5 Å². The fourth-order valence-corrected chi connectivity index (χ4v) is 3.34. The summed E-state index contributed by atoms with van der Waals surface area (Å²) in [5.41, 5.74) is 3.40. The molecular weight excluding hydrogens is 382 g/mol. The van der Waals surface area contributed by atoms with E-state index in [1.54, 1.807) is 28.1 Å². The number of carbonyl (C=O) groups excluding carboxylic acids is 1. The molecule has 0 N–H and O–H groups in total. The minimum Gasteiger partial charge on any atom is -0.493 e. The molecule has 0 aliphatic heterocycles. The van der Waals surface area contributed by atoms with Crippen LogP contribution < -0.4 is 9.47 Å². The molecule has 0 unspecified atom stereocenters. The number of hydrogen-bond acceptors (Lipinski definition) is 5. The number of ether oxygens (including phenoxy) is 4. The smallest absolute Gasteiger partial charge is 0.333 e. The van der Waals surface area contributed by atoms with Gasteiger partial charge in [-0.3, -0.25) is 0 Å². The molecule has 30 heavy (non-hydrogen) atoms. The van der Waals surface area contributed by atoms with Crippen molar-refractivity contribution in [1.82, 2.24) is 4.57 Å². The molecule has 0 saturated carbocycles. The van der Waals surface area contributed by atoms with E-state index in [4.69, 9.17) is 18.9 Å². The van der Waals surface area contributed by atoms with E-state index >= 15 is 0 Å². The van der Waals surface area contributed by atoms with Crippen LogP contribution in [0.4, 0.5) is 0 Å². The summed E-state index contributed by atoms with van der Waals surface area (Å²) < 4.78 is 23.9. The van der Waals surface area contributed by atoms with Gasteiger partial charge in [0, 0.05) is 30.8 Å². The van der Waals surface area contributed by atoms with Gasteiger partial charge in [0.25, 0.3) is 0 Å². The summed E-state index contributed by atoms with van der Waals surface area (Å²) in [6.45, 7) is 4.63. The quantitative estimate of drug-likeness (QED) is 0.293. The van der Waals surface area contributed by atoms with E-state index in [2.05, 4.69) is 16.7 Å². The van der Waals surface area contributed by atoms with E-state index < -0.39 is 0 Å². The van der Waals surface area contributed by atoms with Gasteiger partial charge in [-0.15, -0.1) is 0 Å². The average molecular weight is 409 g/mol. The molecule has 6 heteroatoms. The Kier molecular flexibility index (Phi) is 7.14. The summed E-state index contributed by atoms with van der Waals surface area (Å²) >= 11 is 0. The molecule has 2 aromatic carbocycles. The molecule has 3 rings (SSSR count). The molecule has 6 nitrogen and oxygen atoms in total. The number of carbonyl (C=O) groups is 1. The second kappa shape index (κ2) is 9.98. The van der Waals surface area contributed by atoms with Crippen LogP contribution in [0.1, 0.15) is 25.0 Å². The molecular formula is C24H27NO5. The van der Waals surface area contributed by atoms with Gasteiger partial charge in [-0.05, 0) is 43.2 Å². The van der Waals surface area contributed by atoms with Gasteiger partial charge >= 0.3 is 5.97 Å². The second-order valence-corrected chi connectivity index (χ2v) is 6.79. The third-order valence-corrected chi connectivity index (χ3v) is 4.71. The summed E-state index contributed by atoms with van der Waals surface area (Å²) in [4.78, 5) is 12.1. The third kappa shape index (κ3) is 4.66. The average Bonchev–Trinajstić information content (AvgIpc) is 3.17. The first-order valence-corrected chi connectivity index (χ1v) is 9.80. The Hall–Kier alpha value is -3.25. The monoisotopic (exact) mass is 409 g/mol. The lowest BCUT2D eigenvalue weighted by atomic mass is 10.1. The number of fused-ring (bicyclic) bond motifs is 1. The zero-order valence-electron chi connectivity index (χ0n) is 17.8. The lowest BCUT2D eigenvalue weighted by molar-refractivity contribution is -0.138. The van der Waals surface area contributed by atoms with Crippen LogP contribution in [0, 0.1) is 0 Å². The Balaban J connectivity index is 2.17. The van der Waals surface area contributed by atoms with Gasteiger partial charge in [-0.2, -0.15) is 0 Å². The van der Waals surface area contributed by atoms with Crippen molar-refractivity contribution in [3.63, 3.8) is 0 Å². The first-order chi connectivity index (χ1) is 14.6. The van der Waals surface area contributed by atoms with Crippen molar-refractivity contribution in [2.24, 2.45) is 0 Å². The molecule has 0 aliphatic carbocycles. The Morgan fingerprint density at radius 3 is 2.57 bits per heavy atom. The zero-order chi connectivity index (χ0) is 21.5. The van der Waals surface area contributed by atoms with Crippen molar-refractivity contribution in [3.05, 3.63) is 65.4 Å². The number of methoxy groups -OCH3 is 2. The zero-order valence-corrected chi connectivity index (χ0v) is 17.8. The van der Waals surface area contributed by atoms with Crippen LogP contribution in [0.25, 0.3) is 17.0 Å². The molecule has 0 aliphatic rings. The normalized spacial score (nSPS) is 11.5. The van der Waals surface area contributed by atoms with Gasteiger partial charge in [-0.1, -0.05) is 30.3 Å². The number of nitrogens with zero attached hydrogens (tertiary/aromatic N) is 1. The van der Waals surface area contributed by atoms with Crippen LogP contribution >= 0.6 is 0 Å². The lowest BCUT2D eigenvalue weighted by Crippen LogP contribution is -2.06. The van der Waals surface area contributed by atoms with Crippen molar-refractivity contribution < 1.29 is 23.7 Å². The molecule has 1 heterocycles. The molecule has 1 aromatic heterocycles. The van der Waals surface area contributed by atoms with Crippen molar-refractivity contribution in [2.45, 2.75) is 20.4 Å². The van der Waals surface area contributed by atoms with Gasteiger partial charge < -0.3 is 23.5 Å². The van der Waals surface area contributed by atoms with Crippen molar-refractivity contribution in [1.29, 1.82) is 0 Å². The maximum atomic E-state index is 12.1. The predicted octanol–water partition coefficient (Wildman–Crippen LogP) is 4.65. The summed E-state index contributed by atoms with van der Waals surface area (Å²) in [5.74, 6) is 0.824. The summed E-state index contributed by atoms with van der Waals surface area (Å²) in [7, 11) is 3.17. The van der Waals surface area contributed by atoms with Crippen molar-refractivity contribution in [3.8, 4) is 11.5 Å². The van der Waals surface area contributed by atoms with E-state index in [0.717, 1.165) is 22.0 Å². The maximum absolute atomic E-state index is 12.1. The van der Waals surface area contributed by atoms with Crippen LogP contribution in [0.3, 0.4) is 0 Å². The van der Waals surface area contributed by atoms with Crippen LogP contribution in [-0.2, 0) is 20.8 Å². The summed E-state index contributed by atoms with van der Waals surface area (Å²) in [5, 5.41) is 0.946. The Morgan fingerprint density at radius 1 is 1.13 bits per heavy atom. The second-order valence-electron chi connectivity index (χ2n) is 6.79. The number of rotatable bonds is 9. The molecule has 0 fully saturated rings. The highest BCUT2D eigenvalue weighted by Gasteiger charge is 2.18. The predicted molar refractivity (Wildman–Crippen MR) is 117 cm³/mol. The SMILES string of the molecule is CCOC(=O)/C(C)=C/c1cc(OC)c(OCOC)c2c1ccn2Cc1ccccc1. The maximum Gasteiger partial charge on any atom is 0.333 e. The van der Waals surface area contributed by atoms with Gasteiger partial charge in [-0.25, -0.2) is 4.79 Å². The highest BCUT2D eigenvalue weighted by atomic mass is 16.7. The van der Waals surface area contributed by atoms with E-state index in [1.807, 2.05) is 42.6 Å². The van der Waals surface area contributed by atoms with E-state index in [1.165, 1.54) is 0 Å². The lowest BCUT2D eigenvalue weighted by Gasteiger charge is -2.16. The van der Waals surface area contributed by atoms with Crippen LogP contribution in [-0.4, -0.2) is 38.2 Å². The largest absolute Gasteiger partial charge is 0.493 e. The first kappa shape index (κ1) is 21.5. The summed E-state index contributed by atoms with van der Waals surface area (Å²) in [6.07, 6.45) is 3.82. The fraction of sp³-hybridized carbons (Fsp3) is 0.292. The molecule has 0 spiro atoms. The highest BCUT2D eigenvalue weighted by molar-refractivity contribution is 6.00. The van der Waals surface area contributed by atoms with Gasteiger partial charge in [0.1, 0.15) is 0 Å². The topological polar surface area (TPSA) is 58.9 Å². The third-order valence-electron chi connectivity index (χ3n) is 4.71. The Bertz CT molecular complexity index is 1040. The fourth-order valence-electron chi connectivity index (χ4n) is 3.34. The number of benzene rings is 2. The van der Waals surface area contributed by atoms with E-state index in [-0.39, 0.29) is 12.8 Å². The molecule has 0 saturated heterocycles. The van der Waals surface area contributed by atoms with Crippen molar-refractivity contribution >= 4 is 22.9 Å². The van der Waals surface area contributed by atoms with Crippen LogP contribution in [0.15, 0.2) is 54.2 Å². The van der Waals surface area contributed by atoms with Gasteiger partial charge in [0.2, 0.25) is 0 Å². The molecule has 158 valence electrons. The van der Waals surface area contributed by atoms with E-state index in [0.29, 0.717) is 30.2 Å².